The second kappa shape index (κ2) is 5.83. The highest BCUT2D eigenvalue weighted by atomic mass is 16.4. The lowest BCUT2D eigenvalue weighted by molar-refractivity contribution is 0.318. The first-order chi connectivity index (χ1) is 9.93. The minimum absolute atomic E-state index is 0.174. The van der Waals surface area contributed by atoms with Crippen molar-refractivity contribution in [2.24, 2.45) is 10.9 Å². The lowest BCUT2D eigenvalue weighted by atomic mass is 10.00. The van der Waals surface area contributed by atoms with Crippen molar-refractivity contribution in [1.82, 2.24) is 4.57 Å². The first kappa shape index (κ1) is 14.8. The molecule has 0 bridgehead atoms. The molecule has 5 nitrogen and oxygen atoms in total. The van der Waals surface area contributed by atoms with Crippen LogP contribution in [0.15, 0.2) is 40.4 Å². The molecule has 2 rings (SSSR count). The van der Waals surface area contributed by atoms with E-state index in [9.17, 15) is 4.79 Å². The summed E-state index contributed by atoms with van der Waals surface area (Å²) in [6, 6.07) is 7.46. The number of nitrogens with zero attached hydrogens (tertiary/aromatic N) is 2. The van der Waals surface area contributed by atoms with E-state index < -0.39 is 0 Å². The molecule has 3 N–H and O–H groups in total. The zero-order valence-corrected chi connectivity index (χ0v) is 12.4. The minimum atomic E-state index is -0.271. The van der Waals surface area contributed by atoms with E-state index in [1.165, 1.54) is 5.56 Å². The molecule has 0 radical (unpaired) electrons. The third-order valence-corrected chi connectivity index (χ3v) is 3.57. The van der Waals surface area contributed by atoms with Crippen molar-refractivity contribution >= 4 is 5.84 Å². The topological polar surface area (TPSA) is 80.6 Å². The monoisotopic (exact) mass is 285 g/mol. The second-order valence-electron chi connectivity index (χ2n) is 5.22. The molecule has 0 aliphatic carbocycles. The highest BCUT2D eigenvalue weighted by Gasteiger charge is 2.10. The highest BCUT2D eigenvalue weighted by Crippen LogP contribution is 2.17. The Bertz CT molecular complexity index is 737. The predicted molar refractivity (Wildman–Crippen MR) is 83.0 cm³/mol. The van der Waals surface area contributed by atoms with Gasteiger partial charge in [-0.15, -0.1) is 0 Å². The third kappa shape index (κ3) is 2.97. The smallest absolute Gasteiger partial charge is 0.261 e. The van der Waals surface area contributed by atoms with Crippen molar-refractivity contribution in [3.05, 3.63) is 68.6 Å². The first-order valence-corrected chi connectivity index (χ1v) is 6.68. The molecule has 0 saturated carbocycles. The van der Waals surface area contributed by atoms with Crippen LogP contribution < -0.4 is 11.3 Å². The van der Waals surface area contributed by atoms with Crippen LogP contribution >= 0.6 is 0 Å². The van der Waals surface area contributed by atoms with E-state index in [4.69, 9.17) is 10.9 Å². The highest BCUT2D eigenvalue weighted by molar-refractivity contribution is 5.96. The summed E-state index contributed by atoms with van der Waals surface area (Å²) in [5, 5.41) is 11.6. The van der Waals surface area contributed by atoms with E-state index in [1.807, 2.05) is 13.8 Å². The maximum absolute atomic E-state index is 12.4. The third-order valence-electron chi connectivity index (χ3n) is 3.57. The van der Waals surface area contributed by atoms with Gasteiger partial charge in [0, 0.05) is 6.20 Å². The maximum atomic E-state index is 12.4. The Morgan fingerprint density at radius 2 is 1.90 bits per heavy atom. The summed E-state index contributed by atoms with van der Waals surface area (Å²) in [6.45, 7) is 6.58. The summed E-state index contributed by atoms with van der Waals surface area (Å²) in [7, 11) is 0. The summed E-state index contributed by atoms with van der Waals surface area (Å²) < 4.78 is 1.57. The molecule has 0 amide bonds. The number of oxime groups is 1. The number of benzene rings is 1. The van der Waals surface area contributed by atoms with E-state index in [-0.39, 0.29) is 17.0 Å². The standard InChI is InChI=1S/C16H19N3O2/c1-10-7-11(2)14(12(3)8-10)9-19-6-4-5-13(16(19)20)15(17)18-21/h4-8,21H,9H2,1-3H3,(H2,17,18). The predicted octanol–water partition coefficient (Wildman–Crippen LogP) is 1.92. The van der Waals surface area contributed by atoms with Gasteiger partial charge in [0.2, 0.25) is 0 Å². The SMILES string of the molecule is Cc1cc(C)c(Cn2cccc(/C(N)=N/O)c2=O)c(C)c1. The average molecular weight is 285 g/mol. The number of hydrogen-bond acceptors (Lipinski definition) is 3. The number of nitrogens with two attached hydrogens (primary N) is 1. The van der Waals surface area contributed by atoms with Crippen LogP contribution in [0, 0.1) is 20.8 Å². The molecule has 5 heteroatoms. The number of rotatable bonds is 3. The van der Waals surface area contributed by atoms with E-state index in [0.29, 0.717) is 6.54 Å². The molecular formula is C16H19N3O2. The molecule has 1 aromatic heterocycles. The van der Waals surface area contributed by atoms with Gasteiger partial charge >= 0.3 is 0 Å². The molecule has 0 unspecified atom stereocenters. The molecule has 1 aromatic carbocycles. The van der Waals surface area contributed by atoms with Crippen molar-refractivity contribution in [2.75, 3.05) is 0 Å². The molecule has 0 spiro atoms. The summed E-state index contributed by atoms with van der Waals surface area (Å²) in [5.41, 5.74) is 10.1. The minimum Gasteiger partial charge on any atom is -0.409 e. The fourth-order valence-corrected chi connectivity index (χ4v) is 2.54. The zero-order chi connectivity index (χ0) is 15.6. The van der Waals surface area contributed by atoms with Gasteiger partial charge in [-0.3, -0.25) is 4.79 Å². The number of pyridine rings is 1. The average Bonchev–Trinajstić information content (AvgIpc) is 2.43. The lowest BCUT2D eigenvalue weighted by Gasteiger charge is -2.13. The lowest BCUT2D eigenvalue weighted by Crippen LogP contribution is -2.30. The first-order valence-electron chi connectivity index (χ1n) is 6.68. The fraction of sp³-hybridized carbons (Fsp3) is 0.250. The van der Waals surface area contributed by atoms with Crippen LogP contribution in [0.1, 0.15) is 27.8 Å². The molecule has 0 fully saturated rings. The Balaban J connectivity index is 2.49. The molecule has 0 aliphatic heterocycles. The molecule has 0 saturated heterocycles. The van der Waals surface area contributed by atoms with Gasteiger partial charge < -0.3 is 15.5 Å². The molecule has 0 atom stereocenters. The van der Waals surface area contributed by atoms with Crippen LogP contribution in [-0.2, 0) is 6.54 Å². The molecule has 2 aromatic rings. The van der Waals surface area contributed by atoms with E-state index in [1.54, 1.807) is 22.9 Å². The molecule has 21 heavy (non-hydrogen) atoms. The zero-order valence-electron chi connectivity index (χ0n) is 12.4. The largest absolute Gasteiger partial charge is 0.409 e. The Morgan fingerprint density at radius 1 is 1.29 bits per heavy atom. The Labute approximate surface area is 123 Å². The van der Waals surface area contributed by atoms with Crippen molar-refractivity contribution in [3.8, 4) is 0 Å². The number of aromatic nitrogens is 1. The summed E-state index contributed by atoms with van der Waals surface area (Å²) in [6.07, 6.45) is 1.70. The van der Waals surface area contributed by atoms with E-state index in [2.05, 4.69) is 24.2 Å². The van der Waals surface area contributed by atoms with Gasteiger partial charge in [0.1, 0.15) is 0 Å². The van der Waals surface area contributed by atoms with Crippen molar-refractivity contribution < 1.29 is 5.21 Å². The molecular weight excluding hydrogens is 266 g/mol. The summed E-state index contributed by atoms with van der Waals surface area (Å²) in [5.74, 6) is -0.174. The van der Waals surface area contributed by atoms with Crippen molar-refractivity contribution in [2.45, 2.75) is 27.3 Å². The Morgan fingerprint density at radius 3 is 2.48 bits per heavy atom. The van der Waals surface area contributed by atoms with Gasteiger partial charge in [0.05, 0.1) is 12.1 Å². The van der Waals surface area contributed by atoms with Crippen LogP contribution in [0.25, 0.3) is 0 Å². The van der Waals surface area contributed by atoms with E-state index >= 15 is 0 Å². The van der Waals surface area contributed by atoms with Gasteiger partial charge in [0.15, 0.2) is 5.84 Å². The second-order valence-corrected chi connectivity index (χ2v) is 5.22. The van der Waals surface area contributed by atoms with E-state index in [0.717, 1.165) is 16.7 Å². The maximum Gasteiger partial charge on any atom is 0.261 e. The van der Waals surface area contributed by atoms with Crippen LogP contribution in [0.2, 0.25) is 0 Å². The normalized spacial score (nSPS) is 11.7. The molecule has 0 aliphatic rings. The van der Waals surface area contributed by atoms with Gasteiger partial charge in [-0.25, -0.2) is 0 Å². The van der Waals surface area contributed by atoms with Crippen molar-refractivity contribution in [1.29, 1.82) is 0 Å². The van der Waals surface area contributed by atoms with Crippen LogP contribution in [0.4, 0.5) is 0 Å². The van der Waals surface area contributed by atoms with Gasteiger partial charge in [-0.05, 0) is 49.6 Å². The van der Waals surface area contributed by atoms with Gasteiger partial charge in [-0.1, -0.05) is 22.9 Å². The molecule has 110 valence electrons. The fourth-order valence-electron chi connectivity index (χ4n) is 2.54. The molecule has 1 heterocycles. The number of aryl methyl sites for hydroxylation is 3. The van der Waals surface area contributed by atoms with Gasteiger partial charge in [0.25, 0.3) is 5.56 Å². The van der Waals surface area contributed by atoms with Gasteiger partial charge in [-0.2, -0.15) is 0 Å². The number of amidine groups is 1. The number of hydrogen-bond donors (Lipinski definition) is 2. The summed E-state index contributed by atoms with van der Waals surface area (Å²) >= 11 is 0. The van der Waals surface area contributed by atoms with Crippen LogP contribution in [0.3, 0.4) is 0 Å². The Kier molecular flexibility index (Phi) is 4.12. The quantitative estimate of drug-likeness (QED) is 0.391. The van der Waals surface area contributed by atoms with Crippen LogP contribution in [0.5, 0.6) is 0 Å². The Hall–Kier alpha value is -2.56. The van der Waals surface area contributed by atoms with Crippen LogP contribution in [-0.4, -0.2) is 15.6 Å². The summed E-state index contributed by atoms with van der Waals surface area (Å²) in [4.78, 5) is 12.4. The van der Waals surface area contributed by atoms with Crippen molar-refractivity contribution in [3.63, 3.8) is 0 Å².